The van der Waals surface area contributed by atoms with E-state index in [1.165, 1.54) is 23.9 Å². The van der Waals surface area contributed by atoms with Gasteiger partial charge in [-0.05, 0) is 18.2 Å². The summed E-state index contributed by atoms with van der Waals surface area (Å²) < 4.78 is 37.4. The summed E-state index contributed by atoms with van der Waals surface area (Å²) in [4.78, 5) is 2.71. The average molecular weight is 277 g/mol. The Kier molecular flexibility index (Phi) is 4.19. The van der Waals surface area contributed by atoms with Crippen molar-refractivity contribution in [2.75, 3.05) is 25.4 Å². The van der Waals surface area contributed by atoms with E-state index in [-0.39, 0.29) is 6.10 Å². The molecule has 1 aromatic carbocycles. The number of aliphatic hydroxyl groups excluding tert-OH is 1. The minimum Gasteiger partial charge on any atom is -0.390 e. The van der Waals surface area contributed by atoms with Crippen LogP contribution < -0.4 is 0 Å². The van der Waals surface area contributed by atoms with Crippen molar-refractivity contribution in [1.82, 2.24) is 4.90 Å². The molecule has 2 nitrogen and oxygen atoms in total. The second kappa shape index (κ2) is 5.50. The van der Waals surface area contributed by atoms with E-state index in [0.717, 1.165) is 18.4 Å². The van der Waals surface area contributed by atoms with Crippen LogP contribution in [0.5, 0.6) is 0 Å². The Hall–Kier alpha value is -0.720. The first-order valence-electron chi connectivity index (χ1n) is 5.65. The Morgan fingerprint density at radius 2 is 2.06 bits per heavy atom. The first kappa shape index (κ1) is 13.7. The molecule has 0 amide bonds. The number of thioether (sulfide) groups is 1. The van der Waals surface area contributed by atoms with E-state index in [0.29, 0.717) is 18.0 Å². The SMILES string of the molecule is OC1CN(CCSc2cccc(C(F)(F)F)c2)C1. The highest BCUT2D eigenvalue weighted by molar-refractivity contribution is 7.99. The summed E-state index contributed by atoms with van der Waals surface area (Å²) >= 11 is 1.41. The highest BCUT2D eigenvalue weighted by Gasteiger charge is 2.30. The molecule has 1 aliphatic heterocycles. The molecule has 0 radical (unpaired) electrons. The van der Waals surface area contributed by atoms with Crippen LogP contribution in [-0.4, -0.2) is 41.5 Å². The molecular formula is C12H14F3NOS. The lowest BCUT2D eigenvalue weighted by atomic mass is 10.2. The second-order valence-electron chi connectivity index (χ2n) is 4.29. The summed E-state index contributed by atoms with van der Waals surface area (Å²) in [5.41, 5.74) is -0.605. The van der Waals surface area contributed by atoms with E-state index in [9.17, 15) is 13.2 Å². The maximum atomic E-state index is 12.5. The lowest BCUT2D eigenvalue weighted by molar-refractivity contribution is -0.137. The number of likely N-dealkylation sites (tertiary alicyclic amines) is 1. The molecule has 18 heavy (non-hydrogen) atoms. The maximum Gasteiger partial charge on any atom is 0.416 e. The zero-order chi connectivity index (χ0) is 13.2. The minimum absolute atomic E-state index is 0.233. The Balaban J connectivity index is 1.82. The number of hydrogen-bond acceptors (Lipinski definition) is 3. The number of nitrogens with zero attached hydrogens (tertiary/aromatic N) is 1. The number of halogens is 3. The van der Waals surface area contributed by atoms with Crippen LogP contribution in [0.4, 0.5) is 13.2 Å². The van der Waals surface area contributed by atoms with Gasteiger partial charge in [0.2, 0.25) is 0 Å². The summed E-state index contributed by atoms with van der Waals surface area (Å²) in [5, 5.41) is 9.09. The summed E-state index contributed by atoms with van der Waals surface area (Å²) in [6, 6.07) is 5.37. The Morgan fingerprint density at radius 3 is 2.67 bits per heavy atom. The summed E-state index contributed by atoms with van der Waals surface area (Å²) in [6.07, 6.45) is -4.51. The molecule has 1 aliphatic rings. The molecule has 0 aliphatic carbocycles. The molecule has 1 fully saturated rings. The minimum atomic E-state index is -4.28. The molecule has 1 heterocycles. The van der Waals surface area contributed by atoms with Gasteiger partial charge in [-0.15, -0.1) is 11.8 Å². The number of β-amino-alcohol motifs (C(OH)–C–C–N with tert-alkyl or cyclic N) is 1. The zero-order valence-corrected chi connectivity index (χ0v) is 10.5. The fourth-order valence-electron chi connectivity index (χ4n) is 1.78. The molecule has 1 N–H and O–H groups in total. The smallest absolute Gasteiger partial charge is 0.390 e. The van der Waals surface area contributed by atoms with Gasteiger partial charge in [-0.2, -0.15) is 13.2 Å². The van der Waals surface area contributed by atoms with Crippen LogP contribution in [0.15, 0.2) is 29.2 Å². The van der Waals surface area contributed by atoms with Crippen LogP contribution >= 0.6 is 11.8 Å². The van der Waals surface area contributed by atoms with Crippen molar-refractivity contribution >= 4 is 11.8 Å². The average Bonchev–Trinajstić information content (AvgIpc) is 2.26. The van der Waals surface area contributed by atoms with Crippen LogP contribution in [0.3, 0.4) is 0 Å². The van der Waals surface area contributed by atoms with E-state index >= 15 is 0 Å². The van der Waals surface area contributed by atoms with Gasteiger partial charge in [-0.3, -0.25) is 4.90 Å². The number of alkyl halides is 3. The molecule has 0 bridgehead atoms. The lowest BCUT2D eigenvalue weighted by Gasteiger charge is -2.35. The van der Waals surface area contributed by atoms with Crippen molar-refractivity contribution in [2.45, 2.75) is 17.2 Å². The van der Waals surface area contributed by atoms with Gasteiger partial charge in [0.25, 0.3) is 0 Å². The van der Waals surface area contributed by atoms with Gasteiger partial charge in [0.1, 0.15) is 0 Å². The molecule has 100 valence electrons. The predicted molar refractivity (Wildman–Crippen MR) is 64.6 cm³/mol. The molecule has 0 unspecified atom stereocenters. The molecule has 1 saturated heterocycles. The van der Waals surface area contributed by atoms with E-state index in [2.05, 4.69) is 4.90 Å². The number of hydrogen-bond donors (Lipinski definition) is 1. The molecule has 0 atom stereocenters. The zero-order valence-electron chi connectivity index (χ0n) is 9.65. The largest absolute Gasteiger partial charge is 0.416 e. The van der Waals surface area contributed by atoms with Crippen LogP contribution in [-0.2, 0) is 6.18 Å². The third kappa shape index (κ3) is 3.63. The van der Waals surface area contributed by atoms with Crippen molar-refractivity contribution in [3.8, 4) is 0 Å². The van der Waals surface area contributed by atoms with Gasteiger partial charge >= 0.3 is 6.18 Å². The first-order valence-corrected chi connectivity index (χ1v) is 6.64. The number of rotatable bonds is 4. The third-order valence-electron chi connectivity index (χ3n) is 2.78. The Labute approximate surface area is 108 Å². The van der Waals surface area contributed by atoms with Crippen LogP contribution in [0.25, 0.3) is 0 Å². The van der Waals surface area contributed by atoms with Gasteiger partial charge in [-0.25, -0.2) is 0 Å². The molecule has 0 aromatic heterocycles. The third-order valence-corrected chi connectivity index (χ3v) is 3.75. The lowest BCUT2D eigenvalue weighted by Crippen LogP contribution is -2.51. The fraction of sp³-hybridized carbons (Fsp3) is 0.500. The fourth-order valence-corrected chi connectivity index (χ4v) is 2.75. The van der Waals surface area contributed by atoms with Crippen LogP contribution in [0, 0.1) is 0 Å². The van der Waals surface area contributed by atoms with Crippen molar-refractivity contribution < 1.29 is 18.3 Å². The summed E-state index contributed by atoms with van der Waals surface area (Å²) in [6.45, 7) is 2.13. The predicted octanol–water partition coefficient (Wildman–Crippen LogP) is 2.47. The van der Waals surface area contributed by atoms with Crippen molar-refractivity contribution in [3.63, 3.8) is 0 Å². The van der Waals surface area contributed by atoms with Gasteiger partial charge < -0.3 is 5.11 Å². The topological polar surface area (TPSA) is 23.5 Å². The molecule has 2 rings (SSSR count). The standard InChI is InChI=1S/C12H14F3NOS/c13-12(14,15)9-2-1-3-11(6-9)18-5-4-16-7-10(17)8-16/h1-3,6,10,17H,4-5,7-8H2. The van der Waals surface area contributed by atoms with Gasteiger partial charge in [0, 0.05) is 30.3 Å². The Bertz CT molecular complexity index is 405. The maximum absolute atomic E-state index is 12.5. The van der Waals surface area contributed by atoms with Gasteiger partial charge in [0.15, 0.2) is 0 Å². The van der Waals surface area contributed by atoms with Crippen LogP contribution in [0.1, 0.15) is 5.56 Å². The van der Waals surface area contributed by atoms with Gasteiger partial charge in [0.05, 0.1) is 11.7 Å². The molecule has 1 aromatic rings. The van der Waals surface area contributed by atoms with E-state index < -0.39 is 11.7 Å². The van der Waals surface area contributed by atoms with Crippen molar-refractivity contribution in [3.05, 3.63) is 29.8 Å². The molecular weight excluding hydrogens is 263 g/mol. The quantitative estimate of drug-likeness (QED) is 0.855. The summed E-state index contributed by atoms with van der Waals surface area (Å²) in [5.74, 6) is 0.730. The van der Waals surface area contributed by atoms with Crippen molar-refractivity contribution in [1.29, 1.82) is 0 Å². The van der Waals surface area contributed by atoms with Crippen molar-refractivity contribution in [2.24, 2.45) is 0 Å². The first-order chi connectivity index (χ1) is 8.45. The highest BCUT2D eigenvalue weighted by Crippen LogP contribution is 2.31. The van der Waals surface area contributed by atoms with E-state index in [4.69, 9.17) is 5.11 Å². The van der Waals surface area contributed by atoms with Gasteiger partial charge in [-0.1, -0.05) is 6.07 Å². The van der Waals surface area contributed by atoms with Crippen LogP contribution in [0.2, 0.25) is 0 Å². The molecule has 0 saturated carbocycles. The monoisotopic (exact) mass is 277 g/mol. The highest BCUT2D eigenvalue weighted by atomic mass is 32.2. The summed E-state index contributed by atoms with van der Waals surface area (Å²) in [7, 11) is 0. The molecule has 0 spiro atoms. The van der Waals surface area contributed by atoms with E-state index in [1.54, 1.807) is 6.07 Å². The Morgan fingerprint density at radius 1 is 1.33 bits per heavy atom. The number of aliphatic hydroxyl groups is 1. The molecule has 6 heteroatoms. The van der Waals surface area contributed by atoms with E-state index in [1.807, 2.05) is 0 Å². The second-order valence-corrected chi connectivity index (χ2v) is 5.46. The number of benzene rings is 1. The normalized spacial score (nSPS) is 17.8.